The van der Waals surface area contributed by atoms with Crippen LogP contribution in [-0.4, -0.2) is 30.9 Å². The molecule has 4 nitrogen and oxygen atoms in total. The van der Waals surface area contributed by atoms with Crippen molar-refractivity contribution in [3.63, 3.8) is 0 Å². The molecule has 17 heavy (non-hydrogen) atoms. The topological polar surface area (TPSA) is 56.5 Å². The summed E-state index contributed by atoms with van der Waals surface area (Å²) < 4.78 is 5.15. The molecule has 1 fully saturated rings. The molecule has 1 aliphatic heterocycles. The number of nitrogens with zero attached hydrogens (tertiary/aromatic N) is 2. The van der Waals surface area contributed by atoms with Gasteiger partial charge in [-0.25, -0.2) is 0 Å². The summed E-state index contributed by atoms with van der Waals surface area (Å²) >= 11 is 0. The van der Waals surface area contributed by atoms with Crippen LogP contribution in [0.1, 0.15) is 18.9 Å². The number of aliphatic hydroxyl groups is 1. The third-order valence-electron chi connectivity index (χ3n) is 3.29. The largest absolute Gasteiger partial charge is 0.497 e. The molecule has 0 unspecified atom stereocenters. The Labute approximate surface area is 101 Å². The van der Waals surface area contributed by atoms with E-state index in [-0.39, 0.29) is 0 Å². The first-order valence-electron chi connectivity index (χ1n) is 5.67. The van der Waals surface area contributed by atoms with Gasteiger partial charge in [0.05, 0.1) is 24.0 Å². The van der Waals surface area contributed by atoms with Crippen LogP contribution in [0.25, 0.3) is 0 Å². The molecule has 0 atom stereocenters. The molecule has 0 aliphatic carbocycles. The van der Waals surface area contributed by atoms with Gasteiger partial charge in [0.1, 0.15) is 11.8 Å². The lowest BCUT2D eigenvalue weighted by Crippen LogP contribution is -2.61. The van der Waals surface area contributed by atoms with Crippen molar-refractivity contribution in [3.05, 3.63) is 23.8 Å². The van der Waals surface area contributed by atoms with Crippen molar-refractivity contribution in [2.45, 2.75) is 18.9 Å². The van der Waals surface area contributed by atoms with E-state index in [4.69, 9.17) is 10.00 Å². The highest BCUT2D eigenvalue weighted by molar-refractivity contribution is 5.64. The van der Waals surface area contributed by atoms with E-state index in [1.807, 2.05) is 17.9 Å². The van der Waals surface area contributed by atoms with E-state index >= 15 is 0 Å². The zero-order chi connectivity index (χ0) is 12.5. The SMILES string of the molecule is CCC1(O)CN(c2cc(OC)ccc2C#N)C1. The fraction of sp³-hybridized carbons (Fsp3) is 0.462. The molecule has 0 aromatic heterocycles. The second kappa shape index (κ2) is 4.27. The van der Waals surface area contributed by atoms with Crippen LogP contribution in [0.15, 0.2) is 18.2 Å². The van der Waals surface area contributed by atoms with E-state index in [0.717, 1.165) is 17.9 Å². The molecule has 0 bridgehead atoms. The van der Waals surface area contributed by atoms with Crippen molar-refractivity contribution in [1.82, 2.24) is 0 Å². The fourth-order valence-electron chi connectivity index (χ4n) is 2.05. The molecule has 0 saturated carbocycles. The molecule has 1 aromatic rings. The number of benzene rings is 1. The lowest BCUT2D eigenvalue weighted by atomic mass is 9.90. The van der Waals surface area contributed by atoms with Gasteiger partial charge in [-0.3, -0.25) is 0 Å². The second-order valence-corrected chi connectivity index (χ2v) is 4.43. The zero-order valence-corrected chi connectivity index (χ0v) is 10.1. The Bertz CT molecular complexity index is 459. The number of rotatable bonds is 3. The predicted octanol–water partition coefficient (Wildman–Crippen LogP) is 1.53. The number of hydrogen-bond acceptors (Lipinski definition) is 4. The van der Waals surface area contributed by atoms with Crippen LogP contribution in [0, 0.1) is 11.3 Å². The van der Waals surface area contributed by atoms with Crippen molar-refractivity contribution in [2.75, 3.05) is 25.1 Å². The normalized spacial score (nSPS) is 17.2. The van der Waals surface area contributed by atoms with Crippen LogP contribution in [0.3, 0.4) is 0 Å². The summed E-state index contributed by atoms with van der Waals surface area (Å²) in [5.74, 6) is 0.728. The average Bonchev–Trinajstić information content (AvgIpc) is 2.34. The molecule has 0 spiro atoms. The summed E-state index contributed by atoms with van der Waals surface area (Å²) in [6.07, 6.45) is 0.732. The van der Waals surface area contributed by atoms with Gasteiger partial charge in [0.2, 0.25) is 0 Å². The van der Waals surface area contributed by atoms with Crippen molar-refractivity contribution in [1.29, 1.82) is 5.26 Å². The predicted molar refractivity (Wildman–Crippen MR) is 65.2 cm³/mol. The highest BCUT2D eigenvalue weighted by atomic mass is 16.5. The summed E-state index contributed by atoms with van der Waals surface area (Å²) in [6.45, 7) is 3.12. The number of nitriles is 1. The lowest BCUT2D eigenvalue weighted by Gasteiger charge is -2.47. The molecule has 1 N–H and O–H groups in total. The number of hydrogen-bond donors (Lipinski definition) is 1. The first-order valence-corrected chi connectivity index (χ1v) is 5.67. The van der Waals surface area contributed by atoms with Gasteiger partial charge in [-0.15, -0.1) is 0 Å². The summed E-state index contributed by atoms with van der Waals surface area (Å²) in [6, 6.07) is 7.52. The third-order valence-corrected chi connectivity index (χ3v) is 3.29. The first kappa shape index (κ1) is 11.7. The fourth-order valence-corrected chi connectivity index (χ4v) is 2.05. The van der Waals surface area contributed by atoms with Crippen LogP contribution < -0.4 is 9.64 Å². The van der Waals surface area contributed by atoms with Crippen LogP contribution in [0.5, 0.6) is 5.75 Å². The summed E-state index contributed by atoms with van der Waals surface area (Å²) in [5.41, 5.74) is 0.851. The smallest absolute Gasteiger partial charge is 0.121 e. The molecule has 90 valence electrons. The molecule has 1 heterocycles. The Morgan fingerprint density at radius 2 is 2.24 bits per heavy atom. The molecule has 1 aliphatic rings. The maximum absolute atomic E-state index is 9.98. The lowest BCUT2D eigenvalue weighted by molar-refractivity contribution is 0.00848. The van der Waals surface area contributed by atoms with Crippen molar-refractivity contribution >= 4 is 5.69 Å². The van der Waals surface area contributed by atoms with Crippen LogP contribution in [-0.2, 0) is 0 Å². The van der Waals surface area contributed by atoms with Gasteiger partial charge in [0, 0.05) is 19.2 Å². The van der Waals surface area contributed by atoms with Crippen LogP contribution in [0.2, 0.25) is 0 Å². The quantitative estimate of drug-likeness (QED) is 0.858. The standard InChI is InChI=1S/C13H16N2O2/c1-3-13(16)8-15(9-13)12-6-11(17-2)5-4-10(12)7-14/h4-6,16H,3,8-9H2,1-2H3. The summed E-state index contributed by atoms with van der Waals surface area (Å²) in [7, 11) is 1.60. The minimum atomic E-state index is -0.601. The maximum atomic E-state index is 9.98. The van der Waals surface area contributed by atoms with E-state index < -0.39 is 5.60 Å². The molecule has 1 aromatic carbocycles. The van der Waals surface area contributed by atoms with Crippen molar-refractivity contribution < 1.29 is 9.84 Å². The van der Waals surface area contributed by atoms with Gasteiger partial charge in [-0.05, 0) is 18.6 Å². The molecule has 0 amide bonds. The van der Waals surface area contributed by atoms with E-state index in [1.165, 1.54) is 0 Å². The molecule has 0 radical (unpaired) electrons. The first-order chi connectivity index (χ1) is 8.11. The highest BCUT2D eigenvalue weighted by Gasteiger charge is 2.40. The average molecular weight is 232 g/mol. The van der Waals surface area contributed by atoms with Gasteiger partial charge in [0.15, 0.2) is 0 Å². The zero-order valence-electron chi connectivity index (χ0n) is 10.1. The monoisotopic (exact) mass is 232 g/mol. The van der Waals surface area contributed by atoms with E-state index in [9.17, 15) is 5.11 Å². The van der Waals surface area contributed by atoms with Gasteiger partial charge in [0.25, 0.3) is 0 Å². The van der Waals surface area contributed by atoms with Crippen molar-refractivity contribution in [3.8, 4) is 11.8 Å². The van der Waals surface area contributed by atoms with Crippen molar-refractivity contribution in [2.24, 2.45) is 0 Å². The maximum Gasteiger partial charge on any atom is 0.121 e. The number of methoxy groups -OCH3 is 1. The Morgan fingerprint density at radius 1 is 1.53 bits per heavy atom. The minimum Gasteiger partial charge on any atom is -0.497 e. The third kappa shape index (κ3) is 2.06. The van der Waals surface area contributed by atoms with Crippen LogP contribution >= 0.6 is 0 Å². The summed E-state index contributed by atoms with van der Waals surface area (Å²) in [5, 5.41) is 19.0. The van der Waals surface area contributed by atoms with E-state index in [0.29, 0.717) is 18.7 Å². The van der Waals surface area contributed by atoms with Crippen LogP contribution in [0.4, 0.5) is 5.69 Å². The van der Waals surface area contributed by atoms with Gasteiger partial charge >= 0.3 is 0 Å². The Hall–Kier alpha value is -1.73. The number of ether oxygens (including phenoxy) is 1. The number of anilines is 1. The molecular weight excluding hydrogens is 216 g/mol. The molecule has 4 heteroatoms. The van der Waals surface area contributed by atoms with Gasteiger partial charge in [-0.2, -0.15) is 5.26 Å². The molecule has 2 rings (SSSR count). The Balaban J connectivity index is 2.24. The highest BCUT2D eigenvalue weighted by Crippen LogP contribution is 2.34. The Morgan fingerprint density at radius 3 is 2.76 bits per heavy atom. The summed E-state index contributed by atoms with van der Waals surface area (Å²) in [4.78, 5) is 2.00. The van der Waals surface area contributed by atoms with E-state index in [2.05, 4.69) is 6.07 Å². The van der Waals surface area contributed by atoms with Gasteiger partial charge < -0.3 is 14.7 Å². The second-order valence-electron chi connectivity index (χ2n) is 4.43. The Kier molecular flexibility index (Phi) is 2.95. The van der Waals surface area contributed by atoms with Gasteiger partial charge in [-0.1, -0.05) is 6.92 Å². The van der Waals surface area contributed by atoms with E-state index in [1.54, 1.807) is 19.2 Å². The molecular formula is C13H16N2O2. The minimum absolute atomic E-state index is 0.575. The number of β-amino-alcohol motifs (C(OH)–C–C–N with tert-alkyl or cyclic N) is 1. The molecule has 1 saturated heterocycles.